The van der Waals surface area contributed by atoms with Crippen molar-refractivity contribution >= 4 is 56.8 Å². The highest BCUT2D eigenvalue weighted by Crippen LogP contribution is 2.34. The second kappa shape index (κ2) is 12.4. The Kier molecular flexibility index (Phi) is 9.33. The zero-order chi connectivity index (χ0) is 28.0. The van der Waals surface area contributed by atoms with Crippen LogP contribution in [0.25, 0.3) is 17.4 Å². The maximum atomic E-state index is 13.1. The summed E-state index contributed by atoms with van der Waals surface area (Å²) in [6, 6.07) is 9.19. The molecule has 0 fully saturated rings. The molecule has 0 unspecified atom stereocenters. The van der Waals surface area contributed by atoms with Crippen molar-refractivity contribution in [1.82, 2.24) is 0 Å². The predicted octanol–water partition coefficient (Wildman–Crippen LogP) is 6.06. The van der Waals surface area contributed by atoms with Crippen LogP contribution in [0.15, 0.2) is 44.8 Å². The molecule has 3 aromatic rings. The van der Waals surface area contributed by atoms with E-state index in [0.29, 0.717) is 21.4 Å². The van der Waals surface area contributed by atoms with Gasteiger partial charge in [-0.15, -0.1) is 11.3 Å². The quantitative estimate of drug-likeness (QED) is 0.0888. The standard InChI is InChI=1S/C26H21BrN2O8S/c1-4-35-25(31)23-14(3)24(26(32)36-5-2)38-22(23)12-20(30)15(13-28)10-17-7-9-21(37-17)18-8-6-16(29(33)34)11-19(18)27/h6-11H,4-5,12H2,1-3H3/b15-10+. The number of nitro benzene ring substituents is 1. The molecule has 2 heterocycles. The number of allylic oxidation sites excluding steroid dienone is 1. The number of ether oxygens (including phenoxy) is 2. The second-order valence-electron chi connectivity index (χ2n) is 7.69. The number of nitro groups is 1. The Hall–Kier alpha value is -4.08. The molecular weight excluding hydrogens is 580 g/mol. The number of hydrogen-bond donors (Lipinski definition) is 0. The molecule has 0 spiro atoms. The largest absolute Gasteiger partial charge is 0.462 e. The Balaban J connectivity index is 1.91. The second-order valence-corrected chi connectivity index (χ2v) is 9.65. The first kappa shape index (κ1) is 28.5. The third-order valence-electron chi connectivity index (χ3n) is 5.24. The van der Waals surface area contributed by atoms with Crippen LogP contribution in [0, 0.1) is 28.4 Å². The fourth-order valence-electron chi connectivity index (χ4n) is 3.51. The molecule has 2 aromatic heterocycles. The number of halogens is 1. The summed E-state index contributed by atoms with van der Waals surface area (Å²) in [5, 5.41) is 20.6. The molecule has 0 amide bonds. The molecule has 10 nitrogen and oxygen atoms in total. The molecule has 1 aromatic carbocycles. The maximum absolute atomic E-state index is 13.1. The number of rotatable bonds is 10. The number of esters is 2. The van der Waals surface area contributed by atoms with Crippen LogP contribution in [0.3, 0.4) is 0 Å². The number of benzene rings is 1. The molecule has 196 valence electrons. The number of non-ortho nitro benzene ring substituents is 1. The summed E-state index contributed by atoms with van der Waals surface area (Å²) in [5.41, 5.74) is 0.670. The molecule has 0 saturated carbocycles. The summed E-state index contributed by atoms with van der Waals surface area (Å²) >= 11 is 4.24. The minimum atomic E-state index is -0.675. The van der Waals surface area contributed by atoms with E-state index in [-0.39, 0.29) is 52.0 Å². The molecule has 0 aliphatic heterocycles. The Morgan fingerprint density at radius 3 is 2.45 bits per heavy atom. The van der Waals surface area contributed by atoms with Crippen LogP contribution in [-0.4, -0.2) is 35.9 Å². The van der Waals surface area contributed by atoms with E-state index in [1.165, 1.54) is 24.3 Å². The summed E-state index contributed by atoms with van der Waals surface area (Å²) in [7, 11) is 0. The lowest BCUT2D eigenvalue weighted by Gasteiger charge is -2.05. The lowest BCUT2D eigenvalue weighted by molar-refractivity contribution is -0.384. The zero-order valence-electron chi connectivity index (χ0n) is 20.5. The van der Waals surface area contributed by atoms with Gasteiger partial charge in [-0.25, -0.2) is 9.59 Å². The van der Waals surface area contributed by atoms with Gasteiger partial charge in [-0.05, 0) is 60.5 Å². The Morgan fingerprint density at radius 2 is 1.84 bits per heavy atom. The smallest absolute Gasteiger partial charge is 0.348 e. The Bertz CT molecular complexity index is 1500. The van der Waals surface area contributed by atoms with E-state index in [9.17, 15) is 29.8 Å². The third kappa shape index (κ3) is 6.24. The molecule has 0 aliphatic rings. The van der Waals surface area contributed by atoms with Gasteiger partial charge in [0.05, 0.1) is 29.3 Å². The highest BCUT2D eigenvalue weighted by atomic mass is 79.9. The van der Waals surface area contributed by atoms with Crippen LogP contribution < -0.4 is 0 Å². The molecule has 0 saturated heterocycles. The van der Waals surface area contributed by atoms with Crippen LogP contribution >= 0.6 is 27.3 Å². The van der Waals surface area contributed by atoms with E-state index >= 15 is 0 Å². The van der Waals surface area contributed by atoms with Crippen LogP contribution in [0.1, 0.15) is 50.1 Å². The summed E-state index contributed by atoms with van der Waals surface area (Å²) in [6.45, 7) is 5.11. The predicted molar refractivity (Wildman–Crippen MR) is 142 cm³/mol. The van der Waals surface area contributed by atoms with E-state index in [4.69, 9.17) is 13.9 Å². The average molecular weight is 601 g/mol. The van der Waals surface area contributed by atoms with Crippen molar-refractivity contribution in [2.24, 2.45) is 0 Å². The lowest BCUT2D eigenvalue weighted by atomic mass is 10.0. The molecule has 0 aliphatic carbocycles. The summed E-state index contributed by atoms with van der Waals surface area (Å²) in [6.07, 6.45) is 0.946. The van der Waals surface area contributed by atoms with Crippen molar-refractivity contribution < 1.29 is 33.2 Å². The van der Waals surface area contributed by atoms with Gasteiger partial charge in [-0.2, -0.15) is 5.26 Å². The number of nitriles is 1. The van der Waals surface area contributed by atoms with Gasteiger partial charge in [-0.3, -0.25) is 14.9 Å². The van der Waals surface area contributed by atoms with E-state index in [1.54, 1.807) is 32.9 Å². The minimum absolute atomic E-state index is 0.0956. The van der Waals surface area contributed by atoms with E-state index in [2.05, 4.69) is 15.9 Å². The first-order valence-electron chi connectivity index (χ1n) is 11.3. The number of hydrogen-bond acceptors (Lipinski definition) is 10. The molecule has 3 rings (SSSR count). The van der Waals surface area contributed by atoms with Gasteiger partial charge in [0.25, 0.3) is 5.69 Å². The molecular formula is C26H21BrN2O8S. The molecule has 12 heteroatoms. The van der Waals surface area contributed by atoms with Gasteiger partial charge in [0.2, 0.25) is 0 Å². The lowest BCUT2D eigenvalue weighted by Crippen LogP contribution is -2.12. The number of furan rings is 1. The maximum Gasteiger partial charge on any atom is 0.348 e. The van der Waals surface area contributed by atoms with Gasteiger partial charge < -0.3 is 13.9 Å². The van der Waals surface area contributed by atoms with Crippen LogP contribution in [0.5, 0.6) is 0 Å². The first-order chi connectivity index (χ1) is 18.1. The number of ketones is 1. The fraction of sp³-hybridized carbons (Fsp3) is 0.231. The van der Waals surface area contributed by atoms with Crippen molar-refractivity contribution in [3.8, 4) is 17.4 Å². The highest BCUT2D eigenvalue weighted by Gasteiger charge is 2.28. The summed E-state index contributed by atoms with van der Waals surface area (Å²) in [5.74, 6) is -1.32. The van der Waals surface area contributed by atoms with Gasteiger partial charge in [0, 0.05) is 39.5 Å². The highest BCUT2D eigenvalue weighted by molar-refractivity contribution is 9.10. The fourth-order valence-corrected chi connectivity index (χ4v) is 5.26. The van der Waals surface area contributed by atoms with E-state index in [1.807, 2.05) is 6.07 Å². The van der Waals surface area contributed by atoms with Crippen molar-refractivity contribution in [2.75, 3.05) is 13.2 Å². The van der Waals surface area contributed by atoms with Gasteiger partial charge in [0.15, 0.2) is 5.78 Å². The molecule has 38 heavy (non-hydrogen) atoms. The van der Waals surface area contributed by atoms with Gasteiger partial charge in [0.1, 0.15) is 22.5 Å². The van der Waals surface area contributed by atoms with Gasteiger partial charge >= 0.3 is 11.9 Å². The van der Waals surface area contributed by atoms with Crippen molar-refractivity contribution in [2.45, 2.75) is 27.2 Å². The number of Topliss-reactive ketones (excluding diaryl/α,β-unsaturated/α-hetero) is 1. The minimum Gasteiger partial charge on any atom is -0.462 e. The number of thiophene rings is 1. The van der Waals surface area contributed by atoms with E-state index < -0.39 is 22.6 Å². The van der Waals surface area contributed by atoms with Crippen molar-refractivity contribution in [3.63, 3.8) is 0 Å². The topological polar surface area (TPSA) is 150 Å². The van der Waals surface area contributed by atoms with Crippen LogP contribution in [0.4, 0.5) is 5.69 Å². The van der Waals surface area contributed by atoms with E-state index in [0.717, 1.165) is 11.3 Å². The number of nitrogens with zero attached hydrogens (tertiary/aromatic N) is 2. The Morgan fingerprint density at radius 1 is 1.16 bits per heavy atom. The Labute approximate surface area is 229 Å². The normalized spacial score (nSPS) is 11.1. The summed E-state index contributed by atoms with van der Waals surface area (Å²) < 4.78 is 16.3. The SMILES string of the molecule is CCOC(=O)c1sc(CC(=O)/C(C#N)=C/c2ccc(-c3ccc([N+](=O)[O-])cc3Br)o2)c(C(=O)OCC)c1C. The third-order valence-corrected chi connectivity index (χ3v) is 7.17. The van der Waals surface area contributed by atoms with Crippen molar-refractivity contribution in [3.05, 3.63) is 77.1 Å². The van der Waals surface area contributed by atoms with Crippen LogP contribution in [-0.2, 0) is 20.7 Å². The molecule has 0 atom stereocenters. The monoisotopic (exact) mass is 600 g/mol. The summed E-state index contributed by atoms with van der Waals surface area (Å²) in [4.78, 5) is 48.9. The van der Waals surface area contributed by atoms with Crippen LogP contribution in [0.2, 0.25) is 0 Å². The molecule has 0 radical (unpaired) electrons. The van der Waals surface area contributed by atoms with Gasteiger partial charge in [-0.1, -0.05) is 0 Å². The average Bonchev–Trinajstić information content (AvgIpc) is 3.46. The molecule has 0 bridgehead atoms. The first-order valence-corrected chi connectivity index (χ1v) is 12.9. The number of carbonyl (C=O) groups excluding carboxylic acids is 3. The zero-order valence-corrected chi connectivity index (χ0v) is 22.9. The molecule has 0 N–H and O–H groups in total. The number of carbonyl (C=O) groups is 3. The van der Waals surface area contributed by atoms with Crippen molar-refractivity contribution in [1.29, 1.82) is 5.26 Å².